The average Bonchev–Trinajstić information content (AvgIpc) is 2.26. The highest BCUT2D eigenvalue weighted by molar-refractivity contribution is 5.74. The minimum atomic E-state index is -4.25. The van der Waals surface area contributed by atoms with Crippen LogP contribution in [0, 0.1) is 5.41 Å². The molecule has 2 atom stereocenters. The minimum absolute atomic E-state index is 0.108. The number of carbonyl (C=O) groups excluding carboxylic acids is 1. The second kappa shape index (κ2) is 5.19. The molecule has 0 aromatic carbocycles. The summed E-state index contributed by atoms with van der Waals surface area (Å²) in [6.07, 6.45) is -4.63. The summed E-state index contributed by atoms with van der Waals surface area (Å²) in [5.41, 5.74) is -0.583. The Morgan fingerprint density at radius 1 is 1.37 bits per heavy atom. The third-order valence-electron chi connectivity index (χ3n) is 4.28. The van der Waals surface area contributed by atoms with Gasteiger partial charge < -0.3 is 15.4 Å². The largest absolute Gasteiger partial charge is 0.390 e. The number of hydrogen-bond donors (Lipinski definition) is 2. The van der Waals surface area contributed by atoms with Crippen molar-refractivity contribution < 1.29 is 22.7 Å². The molecule has 19 heavy (non-hydrogen) atoms. The van der Waals surface area contributed by atoms with E-state index < -0.39 is 25.2 Å². The van der Waals surface area contributed by atoms with Crippen LogP contribution in [0.3, 0.4) is 0 Å². The molecule has 0 spiro atoms. The monoisotopic (exact) mass is 282 g/mol. The molecule has 2 amide bonds. The molecule has 0 saturated heterocycles. The van der Waals surface area contributed by atoms with E-state index in [4.69, 9.17) is 4.74 Å². The molecule has 1 aliphatic rings. The summed E-state index contributed by atoms with van der Waals surface area (Å²) in [4.78, 5) is 11.5. The molecule has 4 nitrogen and oxygen atoms in total. The van der Waals surface area contributed by atoms with Crippen LogP contribution in [-0.4, -0.2) is 37.5 Å². The molecule has 0 radical (unpaired) electrons. The Bertz CT molecular complexity index is 344. The van der Waals surface area contributed by atoms with Crippen molar-refractivity contribution in [1.82, 2.24) is 10.6 Å². The lowest BCUT2D eigenvalue weighted by molar-refractivity contribution is -0.177. The van der Waals surface area contributed by atoms with E-state index in [2.05, 4.69) is 10.6 Å². The van der Waals surface area contributed by atoms with E-state index in [0.29, 0.717) is 6.42 Å². The second-order valence-electron chi connectivity index (χ2n) is 5.68. The predicted octanol–water partition coefficient (Wildman–Crippen LogP) is 2.44. The number of carbonyl (C=O) groups is 1. The van der Waals surface area contributed by atoms with Crippen molar-refractivity contribution in [3.05, 3.63) is 0 Å². The van der Waals surface area contributed by atoms with E-state index in [-0.39, 0.29) is 17.1 Å². The molecular formula is C12H21F3N2O2. The van der Waals surface area contributed by atoms with Gasteiger partial charge in [-0.25, -0.2) is 4.79 Å². The Hall–Kier alpha value is -0.980. The third kappa shape index (κ3) is 3.52. The fourth-order valence-corrected chi connectivity index (χ4v) is 2.25. The molecule has 0 heterocycles. The van der Waals surface area contributed by atoms with Crippen molar-refractivity contribution in [2.45, 2.75) is 51.4 Å². The SMILES string of the molecule is CO[C@@]1(C)C[C@@H](NC(=O)NCCC(F)(F)F)C1(C)C. The first-order valence-corrected chi connectivity index (χ1v) is 6.18. The highest BCUT2D eigenvalue weighted by Crippen LogP contribution is 2.51. The average molecular weight is 282 g/mol. The fourth-order valence-electron chi connectivity index (χ4n) is 2.25. The summed E-state index contributed by atoms with van der Waals surface area (Å²) in [7, 11) is 1.61. The molecule has 1 rings (SSSR count). The number of rotatable bonds is 4. The molecule has 0 aromatic rings. The third-order valence-corrected chi connectivity index (χ3v) is 4.28. The van der Waals surface area contributed by atoms with Crippen LogP contribution in [0.4, 0.5) is 18.0 Å². The summed E-state index contributed by atoms with van der Waals surface area (Å²) in [5.74, 6) is 0. The second-order valence-corrected chi connectivity index (χ2v) is 5.68. The van der Waals surface area contributed by atoms with Crippen molar-refractivity contribution in [2.24, 2.45) is 5.41 Å². The predicted molar refractivity (Wildman–Crippen MR) is 64.8 cm³/mol. The lowest BCUT2D eigenvalue weighted by Crippen LogP contribution is -2.69. The van der Waals surface area contributed by atoms with Crippen LogP contribution in [0.1, 0.15) is 33.6 Å². The summed E-state index contributed by atoms with van der Waals surface area (Å²) < 4.78 is 41.2. The molecule has 0 bridgehead atoms. The molecule has 1 aliphatic carbocycles. The van der Waals surface area contributed by atoms with Gasteiger partial charge in [0.2, 0.25) is 0 Å². The minimum Gasteiger partial charge on any atom is -0.378 e. The molecule has 2 N–H and O–H groups in total. The zero-order valence-corrected chi connectivity index (χ0v) is 11.6. The van der Waals surface area contributed by atoms with E-state index in [1.165, 1.54) is 0 Å². The molecule has 0 aromatic heterocycles. The first-order valence-electron chi connectivity index (χ1n) is 6.18. The maximum atomic E-state index is 11.9. The van der Waals surface area contributed by atoms with Gasteiger partial charge in [0.05, 0.1) is 12.0 Å². The summed E-state index contributed by atoms with van der Waals surface area (Å²) in [5, 5.41) is 4.90. The van der Waals surface area contributed by atoms with Gasteiger partial charge in [0.25, 0.3) is 0 Å². The topological polar surface area (TPSA) is 50.4 Å². The number of alkyl halides is 3. The zero-order chi connectivity index (χ0) is 14.9. The van der Waals surface area contributed by atoms with E-state index in [1.54, 1.807) is 7.11 Å². The number of halogens is 3. The van der Waals surface area contributed by atoms with Crippen LogP contribution < -0.4 is 10.6 Å². The molecule has 7 heteroatoms. The number of amides is 2. The van der Waals surface area contributed by atoms with Gasteiger partial charge in [-0.1, -0.05) is 13.8 Å². The first kappa shape index (κ1) is 16.1. The van der Waals surface area contributed by atoms with Crippen LogP contribution in [0.25, 0.3) is 0 Å². The summed E-state index contributed by atoms with van der Waals surface area (Å²) in [6, 6.07) is -0.677. The molecular weight excluding hydrogens is 261 g/mol. The molecule has 1 fully saturated rings. The molecule has 112 valence electrons. The zero-order valence-electron chi connectivity index (χ0n) is 11.6. The number of ether oxygens (including phenoxy) is 1. The van der Waals surface area contributed by atoms with Crippen molar-refractivity contribution >= 4 is 6.03 Å². The van der Waals surface area contributed by atoms with Gasteiger partial charge in [0, 0.05) is 25.1 Å². The standard InChI is InChI=1S/C12H21F3N2O2/c1-10(2)8(7-11(10,3)19-4)17-9(18)16-6-5-12(13,14)15/h8H,5-7H2,1-4H3,(H2,16,17,18)/t8-,11+/m1/s1. The van der Waals surface area contributed by atoms with Gasteiger partial charge in [0.1, 0.15) is 0 Å². The highest BCUT2D eigenvalue weighted by Gasteiger charge is 2.58. The quantitative estimate of drug-likeness (QED) is 0.832. The Labute approximate surface area is 111 Å². The Balaban J connectivity index is 2.36. The Morgan fingerprint density at radius 2 is 1.95 bits per heavy atom. The number of hydrogen-bond acceptors (Lipinski definition) is 2. The van der Waals surface area contributed by atoms with Crippen molar-refractivity contribution in [2.75, 3.05) is 13.7 Å². The molecule has 1 saturated carbocycles. The molecule has 0 unspecified atom stereocenters. The van der Waals surface area contributed by atoms with Crippen LogP contribution in [0.5, 0.6) is 0 Å². The van der Waals surface area contributed by atoms with Gasteiger partial charge in [-0.3, -0.25) is 0 Å². The lowest BCUT2D eigenvalue weighted by Gasteiger charge is -2.59. The smallest absolute Gasteiger partial charge is 0.378 e. The number of nitrogens with one attached hydrogen (secondary N) is 2. The highest BCUT2D eigenvalue weighted by atomic mass is 19.4. The van der Waals surface area contributed by atoms with E-state index in [9.17, 15) is 18.0 Å². The maximum Gasteiger partial charge on any atom is 0.390 e. The van der Waals surface area contributed by atoms with Crippen molar-refractivity contribution in [3.63, 3.8) is 0 Å². The maximum absolute atomic E-state index is 11.9. The van der Waals surface area contributed by atoms with E-state index >= 15 is 0 Å². The fraction of sp³-hybridized carbons (Fsp3) is 0.917. The first-order chi connectivity index (χ1) is 8.52. The van der Waals surface area contributed by atoms with Gasteiger partial charge >= 0.3 is 12.2 Å². The van der Waals surface area contributed by atoms with Gasteiger partial charge in [0.15, 0.2) is 0 Å². The van der Waals surface area contributed by atoms with Crippen molar-refractivity contribution in [1.29, 1.82) is 0 Å². The van der Waals surface area contributed by atoms with Crippen LogP contribution >= 0.6 is 0 Å². The molecule has 0 aliphatic heterocycles. The Morgan fingerprint density at radius 3 is 2.37 bits per heavy atom. The summed E-state index contributed by atoms with van der Waals surface area (Å²) in [6.45, 7) is 5.46. The van der Waals surface area contributed by atoms with Crippen LogP contribution in [0.15, 0.2) is 0 Å². The summed E-state index contributed by atoms with van der Waals surface area (Å²) >= 11 is 0. The van der Waals surface area contributed by atoms with E-state index in [0.717, 1.165) is 0 Å². The van der Waals surface area contributed by atoms with Gasteiger partial charge in [-0.2, -0.15) is 13.2 Å². The van der Waals surface area contributed by atoms with E-state index in [1.807, 2.05) is 20.8 Å². The van der Waals surface area contributed by atoms with Crippen LogP contribution in [-0.2, 0) is 4.74 Å². The van der Waals surface area contributed by atoms with Gasteiger partial charge in [-0.15, -0.1) is 0 Å². The number of urea groups is 1. The van der Waals surface area contributed by atoms with Crippen molar-refractivity contribution in [3.8, 4) is 0 Å². The van der Waals surface area contributed by atoms with Gasteiger partial charge in [-0.05, 0) is 13.3 Å². The van der Waals surface area contributed by atoms with Crippen LogP contribution in [0.2, 0.25) is 0 Å². The lowest BCUT2D eigenvalue weighted by atomic mass is 9.56. The number of methoxy groups -OCH3 is 1. The Kier molecular flexibility index (Phi) is 4.39. The normalized spacial score (nSPS) is 29.5.